The van der Waals surface area contributed by atoms with Gasteiger partial charge in [0.1, 0.15) is 0 Å². The van der Waals surface area contributed by atoms with E-state index in [1.54, 1.807) is 0 Å². The quantitative estimate of drug-likeness (QED) is 0.836. The minimum absolute atomic E-state index is 0.0401. The van der Waals surface area contributed by atoms with Gasteiger partial charge in [-0.3, -0.25) is 4.55 Å². The lowest BCUT2D eigenvalue weighted by Gasteiger charge is -2.25. The molecule has 0 aliphatic carbocycles. The van der Waals surface area contributed by atoms with Gasteiger partial charge >= 0.3 is 0 Å². The molecule has 0 bridgehead atoms. The van der Waals surface area contributed by atoms with Crippen LogP contribution in [0.4, 0.5) is 0 Å². The third kappa shape index (κ3) is 3.52. The maximum absolute atomic E-state index is 10.6. The van der Waals surface area contributed by atoms with Crippen molar-refractivity contribution in [3.8, 4) is 0 Å². The van der Waals surface area contributed by atoms with Gasteiger partial charge in [-0.2, -0.15) is 8.42 Å². The van der Waals surface area contributed by atoms with E-state index < -0.39 is 10.1 Å². The molecule has 0 saturated carbocycles. The van der Waals surface area contributed by atoms with Crippen LogP contribution in [0, 0.1) is 0 Å². The molecule has 1 N–H and O–H groups in total. The van der Waals surface area contributed by atoms with E-state index in [4.69, 9.17) is 9.29 Å². The third-order valence-electron chi connectivity index (χ3n) is 2.96. The summed E-state index contributed by atoms with van der Waals surface area (Å²) in [6.07, 6.45) is 1.90. The fourth-order valence-electron chi connectivity index (χ4n) is 2.17. The monoisotopic (exact) mass is 256 g/mol. The Labute approximate surface area is 101 Å². The van der Waals surface area contributed by atoms with Gasteiger partial charge in [0.2, 0.25) is 0 Å². The predicted molar refractivity (Wildman–Crippen MR) is 64.5 cm³/mol. The fraction of sp³-hybridized carbons (Fsp3) is 0.500. The lowest BCUT2D eigenvalue weighted by atomic mass is 9.95. The molecule has 0 aromatic heterocycles. The smallest absolute Gasteiger partial charge is 0.264 e. The molecule has 0 amide bonds. The molecule has 94 valence electrons. The van der Waals surface area contributed by atoms with E-state index in [1.807, 2.05) is 18.2 Å². The standard InChI is InChI=1S/C12H16O4S/c13-17(14,15)9-3-6-12-11-5-2-1-4-10(11)7-8-16-12/h1-2,4-5,12H,3,6-9H2,(H,13,14,15). The zero-order valence-electron chi connectivity index (χ0n) is 9.50. The van der Waals surface area contributed by atoms with Crippen molar-refractivity contribution in [2.45, 2.75) is 25.4 Å². The Morgan fingerprint density at radius 2 is 2.12 bits per heavy atom. The van der Waals surface area contributed by atoms with Crippen molar-refractivity contribution in [3.05, 3.63) is 35.4 Å². The van der Waals surface area contributed by atoms with E-state index in [-0.39, 0.29) is 11.9 Å². The minimum Gasteiger partial charge on any atom is -0.373 e. The first-order chi connectivity index (χ1) is 8.06. The first kappa shape index (κ1) is 12.5. The fourth-order valence-corrected chi connectivity index (χ4v) is 2.70. The molecule has 1 aromatic carbocycles. The van der Waals surface area contributed by atoms with Crippen molar-refractivity contribution in [2.24, 2.45) is 0 Å². The lowest BCUT2D eigenvalue weighted by molar-refractivity contribution is 0.0362. The summed E-state index contributed by atoms with van der Waals surface area (Å²) in [5, 5.41) is 0. The normalized spacial score (nSPS) is 19.9. The Balaban J connectivity index is 1.99. The summed E-state index contributed by atoms with van der Waals surface area (Å²) in [6.45, 7) is 0.674. The van der Waals surface area contributed by atoms with Crippen molar-refractivity contribution in [1.82, 2.24) is 0 Å². The van der Waals surface area contributed by atoms with Gasteiger partial charge in [-0.1, -0.05) is 24.3 Å². The highest BCUT2D eigenvalue weighted by Gasteiger charge is 2.20. The van der Waals surface area contributed by atoms with Crippen LogP contribution in [0.2, 0.25) is 0 Å². The Kier molecular flexibility index (Phi) is 3.81. The molecule has 0 fully saturated rings. The molecule has 0 spiro atoms. The van der Waals surface area contributed by atoms with Crippen molar-refractivity contribution in [3.63, 3.8) is 0 Å². The van der Waals surface area contributed by atoms with E-state index in [0.717, 1.165) is 12.0 Å². The van der Waals surface area contributed by atoms with Gasteiger partial charge in [0.15, 0.2) is 0 Å². The average Bonchev–Trinajstić information content (AvgIpc) is 2.28. The summed E-state index contributed by atoms with van der Waals surface area (Å²) in [5.74, 6) is -0.199. The largest absolute Gasteiger partial charge is 0.373 e. The number of fused-ring (bicyclic) bond motifs is 1. The highest BCUT2D eigenvalue weighted by atomic mass is 32.2. The predicted octanol–water partition coefficient (Wildman–Crippen LogP) is 1.97. The van der Waals surface area contributed by atoms with Gasteiger partial charge in [0, 0.05) is 0 Å². The number of hydrogen-bond acceptors (Lipinski definition) is 3. The van der Waals surface area contributed by atoms with Crippen LogP contribution >= 0.6 is 0 Å². The van der Waals surface area contributed by atoms with Gasteiger partial charge in [0.05, 0.1) is 18.5 Å². The zero-order chi connectivity index (χ0) is 12.3. The molecule has 1 atom stereocenters. The van der Waals surface area contributed by atoms with Crippen LogP contribution in [0.5, 0.6) is 0 Å². The van der Waals surface area contributed by atoms with Gasteiger partial charge < -0.3 is 4.74 Å². The molecular weight excluding hydrogens is 240 g/mol. The second-order valence-electron chi connectivity index (χ2n) is 4.24. The molecule has 5 heteroatoms. The van der Waals surface area contributed by atoms with Crippen LogP contribution in [0.25, 0.3) is 0 Å². The topological polar surface area (TPSA) is 63.6 Å². The van der Waals surface area contributed by atoms with Crippen molar-refractivity contribution < 1.29 is 17.7 Å². The third-order valence-corrected chi connectivity index (χ3v) is 3.77. The van der Waals surface area contributed by atoms with E-state index in [1.165, 1.54) is 5.56 Å². The van der Waals surface area contributed by atoms with Crippen molar-refractivity contribution in [2.75, 3.05) is 12.4 Å². The second-order valence-corrected chi connectivity index (χ2v) is 5.81. The summed E-state index contributed by atoms with van der Waals surface area (Å²) in [7, 11) is -3.86. The minimum atomic E-state index is -3.86. The summed E-state index contributed by atoms with van der Waals surface area (Å²) in [4.78, 5) is 0. The summed E-state index contributed by atoms with van der Waals surface area (Å²) >= 11 is 0. The molecule has 17 heavy (non-hydrogen) atoms. The summed E-state index contributed by atoms with van der Waals surface area (Å²) in [5.41, 5.74) is 2.42. The van der Waals surface area contributed by atoms with Crippen molar-refractivity contribution in [1.29, 1.82) is 0 Å². The number of benzene rings is 1. The molecule has 0 saturated heterocycles. The van der Waals surface area contributed by atoms with Crippen LogP contribution in [0.3, 0.4) is 0 Å². The van der Waals surface area contributed by atoms with E-state index >= 15 is 0 Å². The summed E-state index contributed by atoms with van der Waals surface area (Å²) in [6, 6.07) is 8.06. The van der Waals surface area contributed by atoms with Crippen molar-refractivity contribution >= 4 is 10.1 Å². The molecule has 0 radical (unpaired) electrons. The molecule has 4 nitrogen and oxygen atoms in total. The highest BCUT2D eigenvalue weighted by molar-refractivity contribution is 7.85. The molecule has 1 unspecified atom stereocenters. The van der Waals surface area contributed by atoms with E-state index in [9.17, 15) is 8.42 Å². The maximum atomic E-state index is 10.6. The van der Waals surface area contributed by atoms with Crippen LogP contribution in [0.15, 0.2) is 24.3 Å². The average molecular weight is 256 g/mol. The molecule has 2 rings (SSSR count). The lowest BCUT2D eigenvalue weighted by Crippen LogP contribution is -2.17. The Hall–Kier alpha value is -0.910. The Morgan fingerprint density at radius 1 is 1.35 bits per heavy atom. The maximum Gasteiger partial charge on any atom is 0.264 e. The van der Waals surface area contributed by atoms with E-state index in [0.29, 0.717) is 19.4 Å². The zero-order valence-corrected chi connectivity index (χ0v) is 10.3. The van der Waals surface area contributed by atoms with Gasteiger partial charge in [-0.05, 0) is 30.4 Å². The van der Waals surface area contributed by atoms with E-state index in [2.05, 4.69) is 6.07 Å². The second kappa shape index (κ2) is 5.16. The van der Waals surface area contributed by atoms with Gasteiger partial charge in [0.25, 0.3) is 10.1 Å². The Morgan fingerprint density at radius 3 is 2.88 bits per heavy atom. The van der Waals surface area contributed by atoms with Crippen LogP contribution in [0.1, 0.15) is 30.1 Å². The van der Waals surface area contributed by atoms with Gasteiger partial charge in [-0.15, -0.1) is 0 Å². The molecule has 1 heterocycles. The first-order valence-electron chi connectivity index (χ1n) is 5.71. The first-order valence-corrected chi connectivity index (χ1v) is 7.32. The van der Waals surface area contributed by atoms with Crippen LogP contribution in [-0.2, 0) is 21.3 Å². The molecule has 1 aliphatic rings. The number of hydrogen-bond donors (Lipinski definition) is 1. The highest BCUT2D eigenvalue weighted by Crippen LogP contribution is 2.30. The molecule has 1 aliphatic heterocycles. The number of ether oxygens (including phenoxy) is 1. The SMILES string of the molecule is O=S(=O)(O)CCCC1OCCc2ccccc21. The van der Waals surface area contributed by atoms with Crippen LogP contribution < -0.4 is 0 Å². The molecular formula is C12H16O4S. The summed E-state index contributed by atoms with van der Waals surface area (Å²) < 4.78 is 35.6. The van der Waals surface area contributed by atoms with Gasteiger partial charge in [-0.25, -0.2) is 0 Å². The Bertz CT molecular complexity index is 481. The number of rotatable bonds is 4. The van der Waals surface area contributed by atoms with Crippen LogP contribution in [-0.4, -0.2) is 25.3 Å². The molecule has 1 aromatic rings.